The fourth-order valence-corrected chi connectivity index (χ4v) is 2.73. The van der Waals surface area contributed by atoms with Gasteiger partial charge in [-0.3, -0.25) is 0 Å². The van der Waals surface area contributed by atoms with Gasteiger partial charge < -0.3 is 5.32 Å². The van der Waals surface area contributed by atoms with Crippen molar-refractivity contribution in [2.24, 2.45) is 5.41 Å². The van der Waals surface area contributed by atoms with E-state index in [1.165, 1.54) is 31.2 Å². The Bertz CT molecular complexity index is 391. The molecule has 17 heavy (non-hydrogen) atoms. The molecule has 0 atom stereocenters. The number of hydrogen-bond acceptors (Lipinski definition) is 2. The number of aryl methyl sites for hydroxylation is 1. The first-order chi connectivity index (χ1) is 7.98. The maximum Gasteiger partial charge on any atom is 0.140 e. The third-order valence-corrected chi connectivity index (χ3v) is 4.76. The van der Waals surface area contributed by atoms with E-state index < -0.39 is 0 Å². The summed E-state index contributed by atoms with van der Waals surface area (Å²) in [5.41, 5.74) is 1.76. The zero-order valence-electron chi connectivity index (χ0n) is 10.9. The van der Waals surface area contributed by atoms with Gasteiger partial charge in [0.1, 0.15) is 5.82 Å². The third-order valence-electron chi connectivity index (χ3n) is 3.76. The van der Waals surface area contributed by atoms with E-state index in [1.54, 1.807) is 0 Å². The Morgan fingerprint density at radius 2 is 2.00 bits per heavy atom. The zero-order valence-corrected chi connectivity index (χ0v) is 12.5. The smallest absolute Gasteiger partial charge is 0.140 e. The molecule has 0 bridgehead atoms. The molecule has 2 rings (SSSR count). The van der Waals surface area contributed by atoms with E-state index in [-0.39, 0.29) is 0 Å². The van der Waals surface area contributed by atoms with Gasteiger partial charge in [0.2, 0.25) is 0 Å². The van der Waals surface area contributed by atoms with E-state index in [4.69, 9.17) is 0 Å². The third kappa shape index (κ3) is 3.21. The molecule has 1 aromatic rings. The molecule has 0 radical (unpaired) electrons. The van der Waals surface area contributed by atoms with Crippen LogP contribution in [-0.4, -0.2) is 11.0 Å². The number of aromatic nitrogens is 1. The second-order valence-electron chi connectivity index (χ2n) is 5.87. The molecular weight excluding hydrogens is 276 g/mol. The molecule has 1 aliphatic rings. The summed E-state index contributed by atoms with van der Waals surface area (Å²) in [6, 6.07) is 2.60. The van der Waals surface area contributed by atoms with Crippen LogP contribution in [0.1, 0.15) is 45.1 Å². The van der Waals surface area contributed by atoms with Gasteiger partial charge >= 0.3 is 0 Å². The van der Waals surface area contributed by atoms with Crippen molar-refractivity contribution in [1.82, 2.24) is 4.98 Å². The van der Waals surface area contributed by atoms with Crippen molar-refractivity contribution in [1.29, 1.82) is 0 Å². The largest absolute Gasteiger partial charge is 0.366 e. The molecule has 1 N–H and O–H groups in total. The molecule has 1 heterocycles. The summed E-state index contributed by atoms with van der Waals surface area (Å²) in [5.74, 6) is 0.995. The van der Waals surface area contributed by atoms with Crippen molar-refractivity contribution in [2.75, 3.05) is 5.32 Å². The lowest BCUT2D eigenvalue weighted by molar-refractivity contribution is 0.232. The Kier molecular flexibility index (Phi) is 3.76. The molecule has 0 aromatic carbocycles. The normalized spacial score (nSPS) is 20.2. The first-order valence-electron chi connectivity index (χ1n) is 6.36. The van der Waals surface area contributed by atoms with Crippen molar-refractivity contribution < 1.29 is 0 Å². The second kappa shape index (κ2) is 4.97. The average Bonchev–Trinajstić information content (AvgIpc) is 2.27. The molecule has 0 saturated heterocycles. The Hall–Kier alpha value is -0.570. The lowest BCUT2D eigenvalue weighted by Gasteiger charge is -2.35. The zero-order chi connectivity index (χ0) is 12.5. The minimum atomic E-state index is 0.523. The number of nitrogens with zero attached hydrogens (tertiary/aromatic N) is 1. The SMILES string of the molecule is Cc1ccnc(NC2CCC(C)(C)CC2)c1Br. The summed E-state index contributed by atoms with van der Waals surface area (Å²) >= 11 is 3.60. The van der Waals surface area contributed by atoms with Gasteiger partial charge in [0.05, 0.1) is 4.47 Å². The number of pyridine rings is 1. The van der Waals surface area contributed by atoms with Gasteiger partial charge in [0, 0.05) is 12.2 Å². The number of rotatable bonds is 2. The Balaban J connectivity index is 2.00. The Labute approximate surface area is 112 Å². The van der Waals surface area contributed by atoms with E-state index in [2.05, 4.69) is 47.0 Å². The summed E-state index contributed by atoms with van der Waals surface area (Å²) in [5, 5.41) is 3.57. The molecule has 1 aromatic heterocycles. The molecule has 94 valence electrons. The van der Waals surface area contributed by atoms with Crippen molar-refractivity contribution >= 4 is 21.7 Å². The predicted octanol–water partition coefficient (Wildman–Crippen LogP) is 4.53. The van der Waals surface area contributed by atoms with E-state index in [0.717, 1.165) is 10.3 Å². The van der Waals surface area contributed by atoms with Crippen molar-refractivity contribution in [3.8, 4) is 0 Å². The maximum absolute atomic E-state index is 4.41. The lowest BCUT2D eigenvalue weighted by Crippen LogP contribution is -2.30. The highest BCUT2D eigenvalue weighted by Gasteiger charge is 2.27. The van der Waals surface area contributed by atoms with Crippen LogP contribution in [0.5, 0.6) is 0 Å². The molecule has 0 amide bonds. The lowest BCUT2D eigenvalue weighted by atomic mass is 9.75. The van der Waals surface area contributed by atoms with Crippen LogP contribution < -0.4 is 5.32 Å². The number of halogens is 1. The van der Waals surface area contributed by atoms with Crippen LogP contribution in [0.4, 0.5) is 5.82 Å². The van der Waals surface area contributed by atoms with Gasteiger partial charge in [-0.2, -0.15) is 0 Å². The van der Waals surface area contributed by atoms with Gasteiger partial charge in [0.15, 0.2) is 0 Å². The monoisotopic (exact) mass is 296 g/mol. The number of nitrogens with one attached hydrogen (secondary N) is 1. The minimum absolute atomic E-state index is 0.523. The summed E-state index contributed by atoms with van der Waals surface area (Å²) in [6.07, 6.45) is 6.96. The van der Waals surface area contributed by atoms with E-state index in [9.17, 15) is 0 Å². The van der Waals surface area contributed by atoms with Gasteiger partial charge in [0.25, 0.3) is 0 Å². The van der Waals surface area contributed by atoms with Gasteiger partial charge in [-0.25, -0.2) is 4.98 Å². The summed E-state index contributed by atoms with van der Waals surface area (Å²) < 4.78 is 1.10. The maximum atomic E-state index is 4.41. The fourth-order valence-electron chi connectivity index (χ4n) is 2.38. The van der Waals surface area contributed by atoms with Crippen LogP contribution in [0.25, 0.3) is 0 Å². The second-order valence-corrected chi connectivity index (χ2v) is 6.67. The minimum Gasteiger partial charge on any atom is -0.366 e. The molecule has 0 aliphatic heterocycles. The van der Waals surface area contributed by atoms with Crippen LogP contribution in [-0.2, 0) is 0 Å². The molecule has 1 saturated carbocycles. The summed E-state index contributed by atoms with van der Waals surface area (Å²) in [7, 11) is 0. The summed E-state index contributed by atoms with van der Waals surface area (Å²) in [4.78, 5) is 4.41. The first-order valence-corrected chi connectivity index (χ1v) is 7.15. The quantitative estimate of drug-likeness (QED) is 0.867. The van der Waals surface area contributed by atoms with E-state index in [0.29, 0.717) is 11.5 Å². The predicted molar refractivity (Wildman–Crippen MR) is 76.3 cm³/mol. The highest BCUT2D eigenvalue weighted by Crippen LogP contribution is 2.36. The Morgan fingerprint density at radius 3 is 2.65 bits per heavy atom. The molecule has 2 nitrogen and oxygen atoms in total. The molecule has 3 heteroatoms. The molecular formula is C14H21BrN2. The first kappa shape index (κ1) is 12.9. The fraction of sp³-hybridized carbons (Fsp3) is 0.643. The van der Waals surface area contributed by atoms with Crippen LogP contribution in [0.3, 0.4) is 0 Å². The van der Waals surface area contributed by atoms with E-state index in [1.807, 2.05) is 12.3 Å². The van der Waals surface area contributed by atoms with Crippen LogP contribution >= 0.6 is 15.9 Å². The standard InChI is InChI=1S/C14H21BrN2/c1-10-6-9-16-13(12(10)15)17-11-4-7-14(2,3)8-5-11/h6,9,11H,4-5,7-8H2,1-3H3,(H,16,17). The van der Waals surface area contributed by atoms with Crippen molar-refractivity contribution in [3.63, 3.8) is 0 Å². The van der Waals surface area contributed by atoms with Crippen LogP contribution in [0.2, 0.25) is 0 Å². The summed E-state index contributed by atoms with van der Waals surface area (Å²) in [6.45, 7) is 6.83. The number of anilines is 1. The molecule has 0 unspecified atom stereocenters. The van der Waals surface area contributed by atoms with Crippen molar-refractivity contribution in [3.05, 3.63) is 22.3 Å². The van der Waals surface area contributed by atoms with Gasteiger partial charge in [-0.05, 0) is 65.6 Å². The molecule has 1 aliphatic carbocycles. The van der Waals surface area contributed by atoms with Gasteiger partial charge in [-0.15, -0.1) is 0 Å². The van der Waals surface area contributed by atoms with Crippen LogP contribution in [0, 0.1) is 12.3 Å². The van der Waals surface area contributed by atoms with Gasteiger partial charge in [-0.1, -0.05) is 13.8 Å². The molecule has 1 fully saturated rings. The van der Waals surface area contributed by atoms with E-state index >= 15 is 0 Å². The topological polar surface area (TPSA) is 24.9 Å². The highest BCUT2D eigenvalue weighted by atomic mass is 79.9. The van der Waals surface area contributed by atoms with Crippen LogP contribution in [0.15, 0.2) is 16.7 Å². The Morgan fingerprint density at radius 1 is 1.35 bits per heavy atom. The average molecular weight is 297 g/mol. The molecule has 0 spiro atoms. The van der Waals surface area contributed by atoms with Crippen molar-refractivity contribution in [2.45, 2.75) is 52.5 Å². The number of hydrogen-bond donors (Lipinski definition) is 1. The highest BCUT2D eigenvalue weighted by molar-refractivity contribution is 9.10.